The quantitative estimate of drug-likeness (QED) is 0.906. The summed E-state index contributed by atoms with van der Waals surface area (Å²) in [5.74, 6) is -0.252. The second-order valence-electron chi connectivity index (χ2n) is 3.49. The predicted octanol–water partition coefficient (Wildman–Crippen LogP) is 4.09. The Hall–Kier alpha value is -1.03. The van der Waals surface area contributed by atoms with Gasteiger partial charge in [-0.3, -0.25) is 0 Å². The summed E-state index contributed by atoms with van der Waals surface area (Å²) < 4.78 is 13.7. The van der Waals surface area contributed by atoms with Gasteiger partial charge in [0, 0.05) is 16.5 Å². The van der Waals surface area contributed by atoms with Crippen LogP contribution < -0.4 is 5.73 Å². The molecule has 0 heterocycles. The standard InChI is InChI=1S/C13H11ClFNS/c14-10-4-2-5-11(7-10)17-13-9(8-16)3-1-6-12(13)15/h1-7H,8,16H2. The Morgan fingerprint density at radius 3 is 2.65 bits per heavy atom. The lowest BCUT2D eigenvalue weighted by molar-refractivity contribution is 0.597. The monoisotopic (exact) mass is 267 g/mol. The predicted molar refractivity (Wildman–Crippen MR) is 69.9 cm³/mol. The van der Waals surface area contributed by atoms with Crippen molar-refractivity contribution in [2.75, 3.05) is 0 Å². The van der Waals surface area contributed by atoms with E-state index >= 15 is 0 Å². The molecule has 17 heavy (non-hydrogen) atoms. The molecule has 2 rings (SSSR count). The van der Waals surface area contributed by atoms with Gasteiger partial charge < -0.3 is 5.73 Å². The molecule has 1 nitrogen and oxygen atoms in total. The fraction of sp³-hybridized carbons (Fsp3) is 0.0769. The molecule has 0 atom stereocenters. The van der Waals surface area contributed by atoms with Crippen molar-refractivity contribution < 1.29 is 4.39 Å². The van der Waals surface area contributed by atoms with Gasteiger partial charge in [0.1, 0.15) is 5.82 Å². The molecule has 0 aliphatic rings. The molecule has 0 amide bonds. The fourth-order valence-corrected chi connectivity index (χ4v) is 2.75. The van der Waals surface area contributed by atoms with Gasteiger partial charge in [-0.15, -0.1) is 0 Å². The van der Waals surface area contributed by atoms with E-state index in [1.165, 1.54) is 17.8 Å². The Kier molecular flexibility index (Phi) is 4.05. The maximum absolute atomic E-state index is 13.7. The molecule has 0 fully saturated rings. The van der Waals surface area contributed by atoms with Crippen LogP contribution in [0.5, 0.6) is 0 Å². The van der Waals surface area contributed by atoms with Crippen LogP contribution in [0.4, 0.5) is 4.39 Å². The van der Waals surface area contributed by atoms with E-state index in [0.717, 1.165) is 10.5 Å². The highest BCUT2D eigenvalue weighted by molar-refractivity contribution is 7.99. The maximum atomic E-state index is 13.7. The third kappa shape index (κ3) is 3.00. The molecule has 0 unspecified atom stereocenters. The van der Waals surface area contributed by atoms with Gasteiger partial charge in [0.15, 0.2) is 0 Å². The molecule has 0 saturated heterocycles. The minimum atomic E-state index is -0.252. The van der Waals surface area contributed by atoms with E-state index in [1.54, 1.807) is 18.2 Å². The van der Waals surface area contributed by atoms with Crippen molar-refractivity contribution in [1.82, 2.24) is 0 Å². The third-order valence-corrected chi connectivity index (χ3v) is 3.67. The minimum absolute atomic E-state index is 0.252. The van der Waals surface area contributed by atoms with Crippen LogP contribution in [0, 0.1) is 5.82 Å². The fourth-order valence-electron chi connectivity index (χ4n) is 1.48. The van der Waals surface area contributed by atoms with E-state index in [0.29, 0.717) is 16.5 Å². The van der Waals surface area contributed by atoms with Crippen LogP contribution in [0.3, 0.4) is 0 Å². The van der Waals surface area contributed by atoms with E-state index in [9.17, 15) is 4.39 Å². The molecule has 88 valence electrons. The van der Waals surface area contributed by atoms with Gasteiger partial charge >= 0.3 is 0 Å². The van der Waals surface area contributed by atoms with E-state index < -0.39 is 0 Å². The van der Waals surface area contributed by atoms with Crippen LogP contribution in [0.15, 0.2) is 52.3 Å². The Balaban J connectivity index is 2.35. The summed E-state index contributed by atoms with van der Waals surface area (Å²) in [7, 11) is 0. The molecule has 2 aromatic carbocycles. The summed E-state index contributed by atoms with van der Waals surface area (Å²) in [6.07, 6.45) is 0. The van der Waals surface area contributed by atoms with Crippen molar-refractivity contribution in [2.24, 2.45) is 5.73 Å². The highest BCUT2D eigenvalue weighted by atomic mass is 35.5. The topological polar surface area (TPSA) is 26.0 Å². The Bertz CT molecular complexity index is 531. The van der Waals surface area contributed by atoms with Crippen molar-refractivity contribution in [3.63, 3.8) is 0 Å². The summed E-state index contributed by atoms with van der Waals surface area (Å²) >= 11 is 7.23. The largest absolute Gasteiger partial charge is 0.326 e. The molecule has 2 N–H and O–H groups in total. The normalized spacial score (nSPS) is 10.5. The summed E-state index contributed by atoms with van der Waals surface area (Å²) in [5.41, 5.74) is 6.40. The van der Waals surface area contributed by atoms with E-state index in [4.69, 9.17) is 17.3 Å². The van der Waals surface area contributed by atoms with E-state index in [2.05, 4.69) is 0 Å². The second kappa shape index (κ2) is 5.54. The first-order valence-electron chi connectivity index (χ1n) is 5.11. The van der Waals surface area contributed by atoms with Crippen molar-refractivity contribution in [3.8, 4) is 0 Å². The van der Waals surface area contributed by atoms with Crippen LogP contribution in [-0.4, -0.2) is 0 Å². The average Bonchev–Trinajstić information content (AvgIpc) is 2.32. The minimum Gasteiger partial charge on any atom is -0.326 e. The maximum Gasteiger partial charge on any atom is 0.137 e. The lowest BCUT2D eigenvalue weighted by Gasteiger charge is -2.08. The molecule has 0 radical (unpaired) electrons. The molecule has 0 saturated carbocycles. The van der Waals surface area contributed by atoms with Crippen LogP contribution in [0.25, 0.3) is 0 Å². The summed E-state index contributed by atoms with van der Waals surface area (Å²) in [5, 5.41) is 0.639. The molecule has 2 aromatic rings. The molecule has 0 bridgehead atoms. The van der Waals surface area contributed by atoms with E-state index in [1.807, 2.05) is 18.2 Å². The summed E-state index contributed by atoms with van der Waals surface area (Å²) in [6, 6.07) is 12.3. The zero-order chi connectivity index (χ0) is 12.3. The Morgan fingerprint density at radius 2 is 1.94 bits per heavy atom. The smallest absolute Gasteiger partial charge is 0.137 e. The van der Waals surface area contributed by atoms with Crippen LogP contribution >= 0.6 is 23.4 Å². The van der Waals surface area contributed by atoms with Gasteiger partial charge in [-0.25, -0.2) is 4.39 Å². The number of halogens is 2. The summed E-state index contributed by atoms with van der Waals surface area (Å²) in [6.45, 7) is 0.320. The lowest BCUT2D eigenvalue weighted by Crippen LogP contribution is -1.99. The Labute approximate surface area is 109 Å². The molecule has 0 spiro atoms. The molecular weight excluding hydrogens is 257 g/mol. The van der Waals surface area contributed by atoms with Crippen LogP contribution in [0.2, 0.25) is 5.02 Å². The molecule has 0 aromatic heterocycles. The zero-order valence-corrected chi connectivity index (χ0v) is 10.6. The number of nitrogens with two attached hydrogens (primary N) is 1. The molecule has 0 aliphatic carbocycles. The average molecular weight is 268 g/mol. The van der Waals surface area contributed by atoms with Crippen LogP contribution in [0.1, 0.15) is 5.56 Å². The molecule has 0 aliphatic heterocycles. The SMILES string of the molecule is NCc1cccc(F)c1Sc1cccc(Cl)c1. The zero-order valence-electron chi connectivity index (χ0n) is 8.99. The summed E-state index contributed by atoms with van der Waals surface area (Å²) in [4.78, 5) is 1.47. The number of benzene rings is 2. The first kappa shape index (κ1) is 12.4. The number of hydrogen-bond donors (Lipinski definition) is 1. The first-order chi connectivity index (χ1) is 8.20. The van der Waals surface area contributed by atoms with Gasteiger partial charge in [0.25, 0.3) is 0 Å². The van der Waals surface area contributed by atoms with Crippen molar-refractivity contribution in [2.45, 2.75) is 16.3 Å². The van der Waals surface area contributed by atoms with Crippen molar-refractivity contribution >= 4 is 23.4 Å². The van der Waals surface area contributed by atoms with Crippen molar-refractivity contribution in [1.29, 1.82) is 0 Å². The first-order valence-corrected chi connectivity index (χ1v) is 6.31. The Morgan fingerprint density at radius 1 is 1.18 bits per heavy atom. The highest BCUT2D eigenvalue weighted by Gasteiger charge is 2.09. The van der Waals surface area contributed by atoms with Crippen LogP contribution in [-0.2, 0) is 6.54 Å². The van der Waals surface area contributed by atoms with Gasteiger partial charge in [0.05, 0.1) is 4.90 Å². The number of hydrogen-bond acceptors (Lipinski definition) is 2. The lowest BCUT2D eigenvalue weighted by atomic mass is 10.2. The van der Waals surface area contributed by atoms with Gasteiger partial charge in [0.2, 0.25) is 0 Å². The highest BCUT2D eigenvalue weighted by Crippen LogP contribution is 2.33. The third-order valence-electron chi connectivity index (χ3n) is 2.28. The second-order valence-corrected chi connectivity index (χ2v) is 5.01. The van der Waals surface area contributed by atoms with Crippen molar-refractivity contribution in [3.05, 3.63) is 58.9 Å². The van der Waals surface area contributed by atoms with Gasteiger partial charge in [-0.2, -0.15) is 0 Å². The molecular formula is C13H11ClFNS. The number of rotatable bonds is 3. The van der Waals surface area contributed by atoms with Gasteiger partial charge in [-0.05, 0) is 29.8 Å². The van der Waals surface area contributed by atoms with Gasteiger partial charge in [-0.1, -0.05) is 41.6 Å². The molecule has 4 heteroatoms. The van der Waals surface area contributed by atoms with E-state index in [-0.39, 0.29) is 5.82 Å².